The molecule has 1 aliphatic carbocycles. The first-order chi connectivity index (χ1) is 8.15. The fraction of sp³-hybridized carbons (Fsp3) is 0.462. The summed E-state index contributed by atoms with van der Waals surface area (Å²) in [6, 6.07) is 8.37. The number of hydrogen-bond donors (Lipinski definition) is 2. The van der Waals surface area contributed by atoms with E-state index in [-0.39, 0.29) is 11.9 Å². The van der Waals surface area contributed by atoms with Gasteiger partial charge in [-0.1, -0.05) is 28.1 Å². The molecule has 0 saturated heterocycles. The zero-order valence-corrected chi connectivity index (χ0v) is 11.5. The van der Waals surface area contributed by atoms with E-state index in [1.807, 2.05) is 25.1 Å². The van der Waals surface area contributed by atoms with Gasteiger partial charge < -0.3 is 10.6 Å². The van der Waals surface area contributed by atoms with Crippen LogP contribution in [0.3, 0.4) is 0 Å². The lowest BCUT2D eigenvalue weighted by Crippen LogP contribution is -2.42. The van der Waals surface area contributed by atoms with E-state index >= 15 is 0 Å². The highest BCUT2D eigenvalue weighted by Gasteiger charge is 2.25. The lowest BCUT2D eigenvalue weighted by Gasteiger charge is -2.13. The molecular formula is C13H17BrN2O. The normalized spacial score (nSPS) is 16.6. The van der Waals surface area contributed by atoms with Crippen molar-refractivity contribution in [2.75, 3.05) is 0 Å². The van der Waals surface area contributed by atoms with Crippen LogP contribution < -0.4 is 10.6 Å². The van der Waals surface area contributed by atoms with Gasteiger partial charge in [-0.05, 0) is 37.5 Å². The molecule has 4 heteroatoms. The zero-order valence-electron chi connectivity index (χ0n) is 9.87. The van der Waals surface area contributed by atoms with E-state index in [0.717, 1.165) is 17.3 Å². The number of halogens is 1. The van der Waals surface area contributed by atoms with Gasteiger partial charge in [0.05, 0.1) is 6.04 Å². The molecule has 17 heavy (non-hydrogen) atoms. The number of benzene rings is 1. The molecule has 1 fully saturated rings. The third kappa shape index (κ3) is 4.13. The standard InChI is InChI=1S/C13H17BrN2O/c1-9(13(17)16-12-5-6-12)15-8-10-3-2-4-11(14)7-10/h2-4,7,9,12,15H,5-6,8H2,1H3,(H,16,17). The van der Waals surface area contributed by atoms with Gasteiger partial charge >= 0.3 is 0 Å². The van der Waals surface area contributed by atoms with Crippen molar-refractivity contribution < 1.29 is 4.79 Å². The predicted octanol–water partition coefficient (Wildman–Crippen LogP) is 2.21. The first-order valence-corrected chi connectivity index (χ1v) is 6.72. The van der Waals surface area contributed by atoms with Gasteiger partial charge in [-0.15, -0.1) is 0 Å². The van der Waals surface area contributed by atoms with Gasteiger partial charge in [-0.3, -0.25) is 4.79 Å². The van der Waals surface area contributed by atoms with Crippen LogP contribution in [0.25, 0.3) is 0 Å². The molecule has 0 radical (unpaired) electrons. The minimum Gasteiger partial charge on any atom is -0.352 e. The van der Waals surface area contributed by atoms with Crippen molar-refractivity contribution in [3.05, 3.63) is 34.3 Å². The van der Waals surface area contributed by atoms with Crippen LogP contribution in [-0.4, -0.2) is 18.0 Å². The maximum absolute atomic E-state index is 11.7. The van der Waals surface area contributed by atoms with Gasteiger partial charge in [0.15, 0.2) is 0 Å². The van der Waals surface area contributed by atoms with Crippen LogP contribution in [0.1, 0.15) is 25.3 Å². The Balaban J connectivity index is 1.78. The van der Waals surface area contributed by atoms with Crippen molar-refractivity contribution in [1.82, 2.24) is 10.6 Å². The summed E-state index contributed by atoms with van der Waals surface area (Å²) in [6.45, 7) is 2.61. The van der Waals surface area contributed by atoms with Crippen LogP contribution >= 0.6 is 15.9 Å². The third-order valence-corrected chi connectivity index (χ3v) is 3.31. The smallest absolute Gasteiger partial charge is 0.237 e. The van der Waals surface area contributed by atoms with Gasteiger partial charge in [0.1, 0.15) is 0 Å². The minimum atomic E-state index is -0.144. The number of carbonyl (C=O) groups is 1. The van der Waals surface area contributed by atoms with Crippen molar-refractivity contribution in [2.45, 2.75) is 38.4 Å². The predicted molar refractivity (Wildman–Crippen MR) is 71.6 cm³/mol. The minimum absolute atomic E-state index is 0.0995. The van der Waals surface area contributed by atoms with Crippen LogP contribution in [0, 0.1) is 0 Å². The van der Waals surface area contributed by atoms with Crippen LogP contribution in [0.15, 0.2) is 28.7 Å². The molecule has 0 spiro atoms. The molecule has 1 atom stereocenters. The van der Waals surface area contributed by atoms with Crippen molar-refractivity contribution in [3.63, 3.8) is 0 Å². The second-order valence-corrected chi connectivity index (χ2v) is 5.43. The van der Waals surface area contributed by atoms with Crippen molar-refractivity contribution in [1.29, 1.82) is 0 Å². The van der Waals surface area contributed by atoms with E-state index in [1.165, 1.54) is 5.56 Å². The number of rotatable bonds is 5. The molecule has 0 aromatic heterocycles. The van der Waals surface area contributed by atoms with Crippen LogP contribution in [-0.2, 0) is 11.3 Å². The Labute approximate surface area is 110 Å². The molecule has 2 N–H and O–H groups in total. The molecule has 92 valence electrons. The number of nitrogens with one attached hydrogen (secondary N) is 2. The van der Waals surface area contributed by atoms with Gasteiger partial charge in [0, 0.05) is 17.1 Å². The summed E-state index contributed by atoms with van der Waals surface area (Å²) < 4.78 is 1.06. The summed E-state index contributed by atoms with van der Waals surface area (Å²) in [5.74, 6) is 0.0995. The van der Waals surface area contributed by atoms with E-state index < -0.39 is 0 Å². The van der Waals surface area contributed by atoms with E-state index in [4.69, 9.17) is 0 Å². The lowest BCUT2D eigenvalue weighted by atomic mass is 10.2. The van der Waals surface area contributed by atoms with Crippen LogP contribution in [0.4, 0.5) is 0 Å². The third-order valence-electron chi connectivity index (χ3n) is 2.82. The molecule has 1 unspecified atom stereocenters. The quantitative estimate of drug-likeness (QED) is 0.875. The maximum atomic E-state index is 11.7. The van der Waals surface area contributed by atoms with Gasteiger partial charge in [-0.25, -0.2) is 0 Å². The van der Waals surface area contributed by atoms with Crippen molar-refractivity contribution in [2.24, 2.45) is 0 Å². The first-order valence-electron chi connectivity index (χ1n) is 5.93. The zero-order chi connectivity index (χ0) is 12.3. The molecule has 0 heterocycles. The Bertz CT molecular complexity index is 404. The largest absolute Gasteiger partial charge is 0.352 e. The monoisotopic (exact) mass is 296 g/mol. The van der Waals surface area contributed by atoms with E-state index in [2.05, 4.69) is 32.6 Å². The number of carbonyl (C=O) groups excluding carboxylic acids is 1. The van der Waals surface area contributed by atoms with Gasteiger partial charge in [-0.2, -0.15) is 0 Å². The summed E-state index contributed by atoms with van der Waals surface area (Å²) in [6.07, 6.45) is 2.26. The molecule has 1 aromatic carbocycles. The number of hydrogen-bond acceptors (Lipinski definition) is 2. The molecule has 1 saturated carbocycles. The highest BCUT2D eigenvalue weighted by atomic mass is 79.9. The van der Waals surface area contributed by atoms with Crippen molar-refractivity contribution >= 4 is 21.8 Å². The molecule has 3 nitrogen and oxygen atoms in total. The molecule has 1 amide bonds. The molecule has 0 bridgehead atoms. The molecule has 1 aliphatic rings. The average molecular weight is 297 g/mol. The molecule has 1 aromatic rings. The topological polar surface area (TPSA) is 41.1 Å². The fourth-order valence-corrected chi connectivity index (χ4v) is 2.01. The summed E-state index contributed by atoms with van der Waals surface area (Å²) in [7, 11) is 0. The van der Waals surface area contributed by atoms with Crippen LogP contribution in [0.5, 0.6) is 0 Å². The first kappa shape index (κ1) is 12.6. The maximum Gasteiger partial charge on any atom is 0.237 e. The van der Waals surface area contributed by atoms with E-state index in [1.54, 1.807) is 0 Å². The fourth-order valence-electron chi connectivity index (χ4n) is 1.56. The highest BCUT2D eigenvalue weighted by molar-refractivity contribution is 9.10. The van der Waals surface area contributed by atoms with Gasteiger partial charge in [0.25, 0.3) is 0 Å². The van der Waals surface area contributed by atoms with Crippen LogP contribution in [0.2, 0.25) is 0 Å². The second kappa shape index (κ2) is 5.65. The Morgan fingerprint density at radius 1 is 1.53 bits per heavy atom. The highest BCUT2D eigenvalue weighted by Crippen LogP contribution is 2.18. The summed E-state index contributed by atoms with van der Waals surface area (Å²) >= 11 is 3.43. The Morgan fingerprint density at radius 2 is 2.29 bits per heavy atom. The lowest BCUT2D eigenvalue weighted by molar-refractivity contribution is -0.122. The van der Waals surface area contributed by atoms with Crippen molar-refractivity contribution in [3.8, 4) is 0 Å². The molecule has 0 aliphatic heterocycles. The van der Waals surface area contributed by atoms with E-state index in [0.29, 0.717) is 12.6 Å². The molecular weight excluding hydrogens is 280 g/mol. The summed E-state index contributed by atoms with van der Waals surface area (Å²) in [5, 5.41) is 6.22. The van der Waals surface area contributed by atoms with E-state index in [9.17, 15) is 4.79 Å². The Hall–Kier alpha value is -0.870. The average Bonchev–Trinajstić information content (AvgIpc) is 3.10. The SMILES string of the molecule is CC(NCc1cccc(Br)c1)C(=O)NC1CC1. The Morgan fingerprint density at radius 3 is 2.94 bits per heavy atom. The summed E-state index contributed by atoms with van der Waals surface area (Å²) in [4.78, 5) is 11.7. The number of amides is 1. The van der Waals surface area contributed by atoms with Gasteiger partial charge in [0.2, 0.25) is 5.91 Å². The summed E-state index contributed by atoms with van der Waals surface area (Å²) in [5.41, 5.74) is 1.17. The second-order valence-electron chi connectivity index (χ2n) is 4.52. The Kier molecular flexibility index (Phi) is 4.18. The molecule has 2 rings (SSSR count).